The molecule has 0 aromatic heterocycles. The van der Waals surface area contributed by atoms with Crippen LogP contribution in [0.3, 0.4) is 0 Å². The molecule has 0 N–H and O–H groups in total. The molecular weight excluding hydrogens is 294 g/mol. The average Bonchev–Trinajstić information content (AvgIpc) is 2.50. The number of hydrogen-bond donors (Lipinski definition) is 0. The molecule has 0 aromatic rings. The van der Waals surface area contributed by atoms with E-state index < -0.39 is 0 Å². The van der Waals surface area contributed by atoms with Crippen LogP contribution in [0.4, 0.5) is 0 Å². The number of carbonyl (C=O) groups excluding carboxylic acids is 2. The van der Waals surface area contributed by atoms with Gasteiger partial charge >= 0.3 is 0 Å². The first kappa shape index (κ1) is 18.9. The van der Waals surface area contributed by atoms with Crippen LogP contribution in [0.5, 0.6) is 0 Å². The van der Waals surface area contributed by atoms with Crippen molar-refractivity contribution in [3.8, 4) is 0 Å². The first-order valence-corrected chi connectivity index (χ1v) is 7.73. The second kappa shape index (κ2) is 8.51. The summed E-state index contributed by atoms with van der Waals surface area (Å²) in [5, 5.41) is 0. The maximum Gasteiger partial charge on any atom is 0.228 e. The lowest BCUT2D eigenvalue weighted by Gasteiger charge is -2.19. The van der Waals surface area contributed by atoms with Gasteiger partial charge in [0.1, 0.15) is 0 Å². The van der Waals surface area contributed by atoms with Gasteiger partial charge in [0, 0.05) is 11.1 Å². The van der Waals surface area contributed by atoms with Gasteiger partial charge in [-0.2, -0.15) is 0 Å². The Bertz CT molecular complexity index is 611. The molecule has 126 valence electrons. The second-order valence-electron chi connectivity index (χ2n) is 5.90. The largest absolute Gasteiger partial charge is 0.489 e. The van der Waals surface area contributed by atoms with Crippen LogP contribution in [0.15, 0.2) is 46.0 Å². The second-order valence-corrected chi connectivity index (χ2v) is 5.90. The van der Waals surface area contributed by atoms with Gasteiger partial charge in [-0.05, 0) is 47.0 Å². The normalized spacial score (nSPS) is 16.0. The van der Waals surface area contributed by atoms with Crippen molar-refractivity contribution in [2.45, 2.75) is 47.0 Å². The van der Waals surface area contributed by atoms with Gasteiger partial charge in [0.05, 0.1) is 14.2 Å². The van der Waals surface area contributed by atoms with Gasteiger partial charge in [-0.25, -0.2) is 0 Å². The summed E-state index contributed by atoms with van der Waals surface area (Å²) in [6, 6.07) is 0. The van der Waals surface area contributed by atoms with Crippen LogP contribution in [-0.4, -0.2) is 25.8 Å². The Labute approximate surface area is 138 Å². The van der Waals surface area contributed by atoms with E-state index in [1.54, 1.807) is 6.92 Å². The van der Waals surface area contributed by atoms with Crippen LogP contribution in [0.2, 0.25) is 0 Å². The van der Waals surface area contributed by atoms with Crippen LogP contribution in [0.25, 0.3) is 0 Å². The predicted octanol–water partition coefficient (Wildman–Crippen LogP) is 4.04. The van der Waals surface area contributed by atoms with Crippen molar-refractivity contribution in [1.82, 2.24) is 0 Å². The molecule has 23 heavy (non-hydrogen) atoms. The molecule has 4 heteroatoms. The van der Waals surface area contributed by atoms with Crippen molar-refractivity contribution in [1.29, 1.82) is 0 Å². The van der Waals surface area contributed by atoms with Gasteiger partial charge in [-0.1, -0.05) is 23.3 Å². The predicted molar refractivity (Wildman–Crippen MR) is 90.8 cm³/mol. The van der Waals surface area contributed by atoms with E-state index in [-0.39, 0.29) is 23.1 Å². The van der Waals surface area contributed by atoms with Gasteiger partial charge in [0.15, 0.2) is 0 Å². The molecule has 1 aliphatic carbocycles. The molecule has 0 saturated carbocycles. The molecule has 0 aromatic carbocycles. The van der Waals surface area contributed by atoms with Crippen molar-refractivity contribution < 1.29 is 19.1 Å². The van der Waals surface area contributed by atoms with Gasteiger partial charge in [-0.3, -0.25) is 9.59 Å². The molecule has 0 amide bonds. The van der Waals surface area contributed by atoms with Crippen molar-refractivity contribution >= 4 is 11.6 Å². The van der Waals surface area contributed by atoms with E-state index >= 15 is 0 Å². The smallest absolute Gasteiger partial charge is 0.228 e. The van der Waals surface area contributed by atoms with E-state index in [0.717, 1.165) is 12.8 Å². The van der Waals surface area contributed by atoms with Crippen LogP contribution in [0.1, 0.15) is 47.0 Å². The lowest BCUT2D eigenvalue weighted by Crippen LogP contribution is -2.24. The molecule has 1 rings (SSSR count). The number of carbonyl (C=O) groups is 2. The summed E-state index contributed by atoms with van der Waals surface area (Å²) < 4.78 is 10.1. The van der Waals surface area contributed by atoms with Crippen LogP contribution in [-0.2, 0) is 19.1 Å². The Kier molecular flexibility index (Phi) is 7.01. The number of ketones is 2. The molecule has 4 nitrogen and oxygen atoms in total. The highest BCUT2D eigenvalue weighted by molar-refractivity contribution is 6.23. The number of hydrogen-bond acceptors (Lipinski definition) is 4. The summed E-state index contributed by atoms with van der Waals surface area (Å²) in [4.78, 5) is 24.8. The summed E-state index contributed by atoms with van der Waals surface area (Å²) >= 11 is 0. The Morgan fingerprint density at radius 3 is 2.13 bits per heavy atom. The van der Waals surface area contributed by atoms with Crippen molar-refractivity contribution in [3.05, 3.63) is 46.0 Å². The SMILES string of the molecule is COC1=C(OC)C(=O)C([14CH2]/C=C(\C)CCC=C(C)C)=C(C)C1=O. The highest BCUT2D eigenvalue weighted by atomic mass is 16.5. The minimum absolute atomic E-state index is 0.00584. The van der Waals surface area contributed by atoms with E-state index in [9.17, 15) is 9.59 Å². The maximum absolute atomic E-state index is 12.5. The third-order valence-electron chi connectivity index (χ3n) is 3.84. The van der Waals surface area contributed by atoms with Crippen LogP contribution < -0.4 is 0 Å². The lowest BCUT2D eigenvalue weighted by atomic mass is 9.98. The number of Topliss-reactive ketones (excluding diaryl/α,β-unsaturated/α-hetero) is 2. The summed E-state index contributed by atoms with van der Waals surface area (Å²) in [5.74, 6) is -0.568. The van der Waals surface area contributed by atoms with Gasteiger partial charge in [-0.15, -0.1) is 0 Å². The van der Waals surface area contributed by atoms with E-state index in [0.29, 0.717) is 17.6 Å². The minimum Gasteiger partial charge on any atom is -0.489 e. The van der Waals surface area contributed by atoms with E-state index in [4.69, 9.17) is 9.47 Å². The number of allylic oxidation sites excluding steroid dienone is 6. The Hall–Kier alpha value is -2.10. The van der Waals surface area contributed by atoms with E-state index in [1.807, 2.05) is 13.0 Å². The van der Waals surface area contributed by atoms with Gasteiger partial charge in [0.25, 0.3) is 0 Å². The molecule has 0 aliphatic heterocycles. The minimum atomic E-state index is -0.283. The van der Waals surface area contributed by atoms with Crippen molar-refractivity contribution in [3.63, 3.8) is 0 Å². The molecule has 0 bridgehead atoms. The molecule has 1 aliphatic rings. The average molecular weight is 320 g/mol. The number of rotatable bonds is 7. The molecule has 0 radical (unpaired) electrons. The Morgan fingerprint density at radius 2 is 1.61 bits per heavy atom. The van der Waals surface area contributed by atoms with Crippen LogP contribution in [0, 0.1) is 0 Å². The highest BCUT2D eigenvalue weighted by Gasteiger charge is 2.33. The van der Waals surface area contributed by atoms with Gasteiger partial charge in [0.2, 0.25) is 23.1 Å². The Morgan fingerprint density at radius 1 is 1.04 bits per heavy atom. The quantitative estimate of drug-likeness (QED) is 0.525. The standard InChI is InChI=1S/C19H26O4/c1-12(2)8-7-9-13(3)10-11-15-14(4)16(20)18(22-5)19(23-6)17(15)21/h8,10H,7,9,11H2,1-6H3/b13-10+/i11+2. The zero-order valence-corrected chi connectivity index (χ0v) is 14.9. The number of ether oxygens (including phenoxy) is 2. The third kappa shape index (κ3) is 4.68. The monoisotopic (exact) mass is 320 g/mol. The zero-order chi connectivity index (χ0) is 17.6. The fourth-order valence-corrected chi connectivity index (χ4v) is 2.40. The first-order chi connectivity index (χ1) is 10.8. The van der Waals surface area contributed by atoms with E-state index in [1.165, 1.54) is 25.4 Å². The molecule has 0 fully saturated rings. The summed E-state index contributed by atoms with van der Waals surface area (Å²) in [5.41, 5.74) is 3.41. The Balaban J connectivity index is 2.92. The summed E-state index contributed by atoms with van der Waals surface area (Å²) in [7, 11) is 2.74. The van der Waals surface area contributed by atoms with Crippen molar-refractivity contribution in [2.75, 3.05) is 14.2 Å². The number of methoxy groups -OCH3 is 2. The van der Waals surface area contributed by atoms with Crippen LogP contribution >= 0.6 is 0 Å². The topological polar surface area (TPSA) is 52.6 Å². The first-order valence-electron chi connectivity index (χ1n) is 7.73. The fraction of sp³-hybridized carbons (Fsp3) is 0.474. The molecular formula is C19H26O4. The van der Waals surface area contributed by atoms with Crippen molar-refractivity contribution in [2.24, 2.45) is 0 Å². The highest BCUT2D eigenvalue weighted by Crippen LogP contribution is 2.28. The maximum atomic E-state index is 12.5. The summed E-state index contributed by atoms with van der Waals surface area (Å²) in [6.45, 7) is 7.85. The zero-order valence-electron chi connectivity index (χ0n) is 14.9. The molecule has 0 saturated heterocycles. The van der Waals surface area contributed by atoms with Gasteiger partial charge < -0.3 is 9.47 Å². The molecule has 0 atom stereocenters. The third-order valence-corrected chi connectivity index (χ3v) is 3.84. The molecule has 0 unspecified atom stereocenters. The molecule has 0 spiro atoms. The fourth-order valence-electron chi connectivity index (χ4n) is 2.40. The summed E-state index contributed by atoms with van der Waals surface area (Å²) in [6.07, 6.45) is 6.55. The van der Waals surface area contributed by atoms with E-state index in [2.05, 4.69) is 19.9 Å². The lowest BCUT2D eigenvalue weighted by molar-refractivity contribution is -0.121. The molecule has 0 heterocycles.